The molecule has 5 heteroatoms. The van der Waals surface area contributed by atoms with Crippen LogP contribution >= 0.6 is 0 Å². The highest BCUT2D eigenvalue weighted by molar-refractivity contribution is 7.84. The molecule has 14 heavy (non-hydrogen) atoms. The maximum atomic E-state index is 11.1. The Kier molecular flexibility index (Phi) is 6.74. The highest BCUT2D eigenvalue weighted by Gasteiger charge is 2.19. The lowest BCUT2D eigenvalue weighted by atomic mass is 10.0. The fourth-order valence-corrected chi connectivity index (χ4v) is 1.40. The van der Waals surface area contributed by atoms with Crippen LogP contribution in [0.1, 0.15) is 13.8 Å². The van der Waals surface area contributed by atoms with E-state index in [4.69, 9.17) is 0 Å². The number of hydrogen-bond donors (Lipinski definition) is 1. The lowest BCUT2D eigenvalue weighted by Gasteiger charge is -2.18. The van der Waals surface area contributed by atoms with E-state index < -0.39 is 10.8 Å². The van der Waals surface area contributed by atoms with Crippen LogP contribution in [0, 0.1) is 5.92 Å². The Bertz CT molecular complexity index is 208. The molecule has 0 saturated carbocycles. The molecule has 4 nitrogen and oxygen atoms in total. The fraction of sp³-hybridized carbons (Fsp3) is 0.889. The second-order valence-corrected chi connectivity index (χ2v) is 4.89. The first kappa shape index (κ1) is 13.6. The summed E-state index contributed by atoms with van der Waals surface area (Å²) in [6.07, 6.45) is 1.66. The molecule has 0 bridgehead atoms. The highest BCUT2D eigenvalue weighted by Crippen LogP contribution is 2.03. The maximum absolute atomic E-state index is 11.1. The van der Waals surface area contributed by atoms with Gasteiger partial charge in [0.2, 0.25) is 0 Å². The average Bonchev–Trinajstić information content (AvgIpc) is 2.14. The van der Waals surface area contributed by atoms with Gasteiger partial charge in [-0.1, -0.05) is 6.92 Å². The first-order valence-corrected chi connectivity index (χ1v) is 6.33. The fourth-order valence-electron chi connectivity index (χ4n) is 0.997. The number of esters is 1. The summed E-state index contributed by atoms with van der Waals surface area (Å²) in [4.78, 5) is 11.1. The summed E-state index contributed by atoms with van der Waals surface area (Å²) >= 11 is 0. The zero-order valence-corrected chi connectivity index (χ0v) is 10.0. The summed E-state index contributed by atoms with van der Waals surface area (Å²) in [5.74, 6) is 0.214. The second kappa shape index (κ2) is 6.95. The van der Waals surface area contributed by atoms with Crippen molar-refractivity contribution in [2.75, 3.05) is 25.7 Å². The van der Waals surface area contributed by atoms with Crippen LogP contribution < -0.4 is 5.32 Å². The molecule has 84 valence electrons. The van der Waals surface area contributed by atoms with Crippen molar-refractivity contribution in [1.29, 1.82) is 0 Å². The van der Waals surface area contributed by atoms with Crippen LogP contribution in [0.25, 0.3) is 0 Å². The summed E-state index contributed by atoms with van der Waals surface area (Å²) in [6.45, 7) is 4.39. The topological polar surface area (TPSA) is 55.4 Å². The minimum Gasteiger partial charge on any atom is -0.469 e. The maximum Gasteiger partial charge on any atom is 0.309 e. The molecule has 0 saturated heterocycles. The summed E-state index contributed by atoms with van der Waals surface area (Å²) in [5, 5.41) is 3.14. The van der Waals surface area contributed by atoms with Gasteiger partial charge >= 0.3 is 5.97 Å². The van der Waals surface area contributed by atoms with Crippen molar-refractivity contribution in [3.05, 3.63) is 0 Å². The van der Waals surface area contributed by atoms with E-state index in [0.717, 1.165) is 0 Å². The molecule has 0 aromatic heterocycles. The average molecular weight is 221 g/mol. The quantitative estimate of drug-likeness (QED) is 0.649. The number of carbonyl (C=O) groups excluding carboxylic acids is 1. The van der Waals surface area contributed by atoms with Crippen LogP contribution in [-0.2, 0) is 20.3 Å². The largest absolute Gasteiger partial charge is 0.469 e. The molecule has 0 heterocycles. The lowest BCUT2D eigenvalue weighted by Crippen LogP contribution is -2.38. The van der Waals surface area contributed by atoms with Crippen LogP contribution in [0.15, 0.2) is 0 Å². The van der Waals surface area contributed by atoms with Gasteiger partial charge in [-0.05, 0) is 6.92 Å². The zero-order valence-electron chi connectivity index (χ0n) is 9.20. The van der Waals surface area contributed by atoms with Gasteiger partial charge in [0, 0.05) is 35.4 Å². The molecule has 3 atom stereocenters. The van der Waals surface area contributed by atoms with Crippen LogP contribution in [0.2, 0.25) is 0 Å². The van der Waals surface area contributed by atoms with E-state index in [0.29, 0.717) is 12.3 Å². The minimum atomic E-state index is -0.786. The first-order valence-electron chi connectivity index (χ1n) is 4.60. The number of hydrogen-bond acceptors (Lipinski definition) is 4. The van der Waals surface area contributed by atoms with Crippen molar-refractivity contribution >= 4 is 16.8 Å². The standard InChI is InChI=1S/C9H19NO3S/c1-7(9(11)13-3)8(2)10-5-6-14(4)12/h7-8,10H,5-6H2,1-4H3. The molecule has 0 aliphatic heterocycles. The summed E-state index contributed by atoms with van der Waals surface area (Å²) in [7, 11) is 0.595. The smallest absolute Gasteiger partial charge is 0.309 e. The molecule has 1 N–H and O–H groups in total. The molecule has 0 rings (SSSR count). The van der Waals surface area contributed by atoms with Gasteiger partial charge in [-0.2, -0.15) is 0 Å². The number of ether oxygens (including phenoxy) is 1. The molecule has 0 aromatic rings. The van der Waals surface area contributed by atoms with Gasteiger partial charge in [-0.25, -0.2) is 0 Å². The molecule has 0 aromatic carbocycles. The van der Waals surface area contributed by atoms with Crippen LogP contribution in [0.3, 0.4) is 0 Å². The third kappa shape index (κ3) is 5.34. The van der Waals surface area contributed by atoms with E-state index in [2.05, 4.69) is 10.1 Å². The number of rotatable bonds is 6. The van der Waals surface area contributed by atoms with E-state index in [1.54, 1.807) is 6.26 Å². The van der Waals surface area contributed by atoms with Crippen LogP contribution in [-0.4, -0.2) is 41.9 Å². The normalized spacial score (nSPS) is 17.1. The number of methoxy groups -OCH3 is 1. The Hall–Kier alpha value is -0.420. The Morgan fingerprint density at radius 2 is 2.07 bits per heavy atom. The Balaban J connectivity index is 3.78. The predicted octanol–water partition coefficient (Wildman–Crippen LogP) is 0.152. The zero-order chi connectivity index (χ0) is 11.1. The third-order valence-corrected chi connectivity index (χ3v) is 2.96. The van der Waals surface area contributed by atoms with E-state index >= 15 is 0 Å². The number of nitrogens with one attached hydrogen (secondary N) is 1. The summed E-state index contributed by atoms with van der Waals surface area (Å²) in [6, 6.07) is 0.0472. The monoisotopic (exact) mass is 221 g/mol. The Labute approximate surface area is 87.9 Å². The molecule has 0 aliphatic rings. The van der Waals surface area contributed by atoms with Gasteiger partial charge in [0.1, 0.15) is 0 Å². The van der Waals surface area contributed by atoms with Crippen LogP contribution in [0.5, 0.6) is 0 Å². The van der Waals surface area contributed by atoms with E-state index in [1.165, 1.54) is 7.11 Å². The molecule has 0 amide bonds. The van der Waals surface area contributed by atoms with Crippen molar-refractivity contribution in [2.45, 2.75) is 19.9 Å². The molecule has 3 unspecified atom stereocenters. The summed E-state index contributed by atoms with van der Waals surface area (Å²) in [5.41, 5.74) is 0. The van der Waals surface area contributed by atoms with E-state index in [-0.39, 0.29) is 17.9 Å². The van der Waals surface area contributed by atoms with Crippen LogP contribution in [0.4, 0.5) is 0 Å². The van der Waals surface area contributed by atoms with Crippen molar-refractivity contribution in [2.24, 2.45) is 5.92 Å². The van der Waals surface area contributed by atoms with Crippen molar-refractivity contribution in [3.63, 3.8) is 0 Å². The van der Waals surface area contributed by atoms with Gasteiger partial charge in [0.05, 0.1) is 13.0 Å². The predicted molar refractivity (Wildman–Crippen MR) is 57.6 cm³/mol. The minimum absolute atomic E-state index is 0.0472. The first-order chi connectivity index (χ1) is 6.49. The van der Waals surface area contributed by atoms with Gasteiger partial charge in [-0.15, -0.1) is 0 Å². The number of carbonyl (C=O) groups is 1. The van der Waals surface area contributed by atoms with Crippen molar-refractivity contribution in [3.8, 4) is 0 Å². The van der Waals surface area contributed by atoms with Gasteiger partial charge in [-0.3, -0.25) is 9.00 Å². The molecule has 0 radical (unpaired) electrons. The lowest BCUT2D eigenvalue weighted by molar-refractivity contribution is -0.145. The molecular formula is C9H19NO3S. The van der Waals surface area contributed by atoms with Gasteiger partial charge in [0.15, 0.2) is 0 Å². The van der Waals surface area contributed by atoms with Gasteiger partial charge < -0.3 is 10.1 Å². The second-order valence-electron chi connectivity index (χ2n) is 3.33. The van der Waals surface area contributed by atoms with E-state index in [1.807, 2.05) is 13.8 Å². The molecule has 0 aliphatic carbocycles. The summed E-state index contributed by atoms with van der Waals surface area (Å²) < 4.78 is 15.4. The molecule has 0 fully saturated rings. The van der Waals surface area contributed by atoms with Gasteiger partial charge in [0.25, 0.3) is 0 Å². The Morgan fingerprint density at radius 3 is 2.50 bits per heavy atom. The SMILES string of the molecule is COC(=O)C(C)C(C)NCCS(C)=O. The molecule has 0 spiro atoms. The van der Waals surface area contributed by atoms with Crippen molar-refractivity contribution in [1.82, 2.24) is 5.32 Å². The third-order valence-electron chi connectivity index (χ3n) is 2.18. The molecular weight excluding hydrogens is 202 g/mol. The van der Waals surface area contributed by atoms with Crippen molar-refractivity contribution < 1.29 is 13.7 Å². The van der Waals surface area contributed by atoms with E-state index in [9.17, 15) is 9.00 Å². The Morgan fingerprint density at radius 1 is 1.50 bits per heavy atom. The highest BCUT2D eigenvalue weighted by atomic mass is 32.2.